The minimum atomic E-state index is -0.797. The average Bonchev–Trinajstić information content (AvgIpc) is 3.25. The number of amides is 1. The van der Waals surface area contributed by atoms with Crippen molar-refractivity contribution < 1.29 is 24.5 Å². The number of esters is 1. The Hall–Kier alpha value is -2.18. The smallest absolute Gasteiger partial charge is 0.306 e. The molecule has 0 aromatic rings. The summed E-state index contributed by atoms with van der Waals surface area (Å²) in [7, 11) is 0. The number of rotatable bonds is 47. The summed E-state index contributed by atoms with van der Waals surface area (Å²) in [5.74, 6) is -0.521. The molecule has 0 rings (SSSR count). The molecule has 6 heteroatoms. The zero-order chi connectivity index (χ0) is 44.5. The lowest BCUT2D eigenvalue weighted by Crippen LogP contribution is -2.46. The van der Waals surface area contributed by atoms with E-state index in [0.717, 1.165) is 77.0 Å². The first-order chi connectivity index (χ1) is 30.0. The fourth-order valence-corrected chi connectivity index (χ4v) is 7.90. The molecule has 3 N–H and O–H groups in total. The van der Waals surface area contributed by atoms with Crippen LogP contribution in [0.2, 0.25) is 0 Å². The summed E-state index contributed by atoms with van der Waals surface area (Å²) in [5, 5.41) is 23.7. The summed E-state index contributed by atoms with van der Waals surface area (Å²) in [4.78, 5) is 26.1. The molecule has 0 aromatic carbocycles. The van der Waals surface area contributed by atoms with Gasteiger partial charge in [-0.2, -0.15) is 0 Å². The molecule has 3 atom stereocenters. The monoisotopic (exact) mass is 856 g/mol. The van der Waals surface area contributed by atoms with E-state index >= 15 is 0 Å². The van der Waals surface area contributed by atoms with Crippen LogP contribution in [0, 0.1) is 0 Å². The summed E-state index contributed by atoms with van der Waals surface area (Å²) in [6, 6.07) is -0.713. The van der Waals surface area contributed by atoms with Gasteiger partial charge in [0, 0.05) is 6.42 Å². The van der Waals surface area contributed by atoms with Crippen molar-refractivity contribution in [3.05, 3.63) is 48.6 Å². The van der Waals surface area contributed by atoms with Crippen LogP contribution < -0.4 is 5.32 Å². The Bertz CT molecular complexity index is 1050. The van der Waals surface area contributed by atoms with Crippen molar-refractivity contribution in [3.63, 3.8) is 0 Å². The highest BCUT2D eigenvalue weighted by molar-refractivity contribution is 5.77. The highest BCUT2D eigenvalue weighted by Gasteiger charge is 2.24. The van der Waals surface area contributed by atoms with Crippen LogP contribution in [0.15, 0.2) is 48.6 Å². The number of unbranched alkanes of at least 4 members (excludes halogenated alkanes) is 29. The lowest BCUT2D eigenvalue weighted by molar-refractivity contribution is -0.151. The number of ether oxygens (including phenoxy) is 1. The van der Waals surface area contributed by atoms with Crippen molar-refractivity contribution in [2.24, 2.45) is 0 Å². The Morgan fingerprint density at radius 2 is 0.869 bits per heavy atom. The summed E-state index contributed by atoms with van der Waals surface area (Å²) >= 11 is 0. The lowest BCUT2D eigenvalue weighted by atomic mass is 10.0. The van der Waals surface area contributed by atoms with Crippen LogP contribution in [-0.2, 0) is 14.3 Å². The van der Waals surface area contributed by atoms with Gasteiger partial charge in [0.1, 0.15) is 6.10 Å². The molecule has 0 aromatic heterocycles. The zero-order valence-electron chi connectivity index (χ0n) is 40.5. The fourth-order valence-electron chi connectivity index (χ4n) is 7.90. The van der Waals surface area contributed by atoms with E-state index in [1.54, 1.807) is 0 Å². The van der Waals surface area contributed by atoms with Crippen LogP contribution in [0.4, 0.5) is 0 Å². The van der Waals surface area contributed by atoms with Crippen LogP contribution in [-0.4, -0.2) is 46.9 Å². The number of nitrogens with one attached hydrogen (secondary N) is 1. The third-order valence-corrected chi connectivity index (χ3v) is 11.9. The van der Waals surface area contributed by atoms with E-state index in [9.17, 15) is 19.8 Å². The van der Waals surface area contributed by atoms with Gasteiger partial charge in [-0.1, -0.05) is 230 Å². The molecule has 6 nitrogen and oxygen atoms in total. The fraction of sp³-hybridized carbons (Fsp3) is 0.818. The molecule has 0 saturated heterocycles. The minimum absolute atomic E-state index is 0.0490. The summed E-state index contributed by atoms with van der Waals surface area (Å²) < 4.78 is 5.91. The van der Waals surface area contributed by atoms with E-state index in [4.69, 9.17) is 4.74 Å². The van der Waals surface area contributed by atoms with Crippen molar-refractivity contribution in [3.8, 4) is 0 Å². The van der Waals surface area contributed by atoms with Gasteiger partial charge < -0.3 is 20.3 Å². The molecule has 61 heavy (non-hydrogen) atoms. The van der Waals surface area contributed by atoms with Gasteiger partial charge in [-0.15, -0.1) is 0 Å². The normalized spacial score (nSPS) is 13.6. The Kier molecular flexibility index (Phi) is 47.1. The van der Waals surface area contributed by atoms with Crippen molar-refractivity contribution in [1.82, 2.24) is 5.32 Å². The molecule has 356 valence electrons. The van der Waals surface area contributed by atoms with Crippen LogP contribution in [0.1, 0.15) is 265 Å². The van der Waals surface area contributed by atoms with Crippen molar-refractivity contribution in [2.45, 2.75) is 283 Å². The molecule has 0 aliphatic rings. The van der Waals surface area contributed by atoms with E-state index in [-0.39, 0.29) is 24.9 Å². The molecular formula is C55H101NO5. The molecule has 0 heterocycles. The van der Waals surface area contributed by atoms with Crippen LogP contribution in [0.5, 0.6) is 0 Å². The Morgan fingerprint density at radius 3 is 1.33 bits per heavy atom. The Morgan fingerprint density at radius 1 is 0.475 bits per heavy atom. The number of aliphatic hydroxyl groups is 2. The van der Waals surface area contributed by atoms with E-state index in [1.807, 2.05) is 0 Å². The predicted octanol–water partition coefficient (Wildman–Crippen LogP) is 15.8. The number of carbonyl (C=O) groups excluding carboxylic acids is 2. The van der Waals surface area contributed by atoms with Crippen molar-refractivity contribution >= 4 is 11.9 Å². The molecule has 0 spiro atoms. The maximum Gasteiger partial charge on any atom is 0.306 e. The molecule has 1 amide bonds. The maximum atomic E-state index is 13.2. The summed E-state index contributed by atoms with van der Waals surface area (Å²) in [6.07, 6.45) is 58.8. The average molecular weight is 856 g/mol. The third kappa shape index (κ3) is 44.2. The molecule has 0 aliphatic heterocycles. The molecular weight excluding hydrogens is 755 g/mol. The van der Waals surface area contributed by atoms with Crippen LogP contribution in [0.25, 0.3) is 0 Å². The topological polar surface area (TPSA) is 95.9 Å². The van der Waals surface area contributed by atoms with Gasteiger partial charge in [-0.25, -0.2) is 0 Å². The van der Waals surface area contributed by atoms with Gasteiger partial charge in [0.15, 0.2) is 0 Å². The first kappa shape index (κ1) is 58.8. The highest BCUT2D eigenvalue weighted by atomic mass is 16.5. The lowest BCUT2D eigenvalue weighted by Gasteiger charge is -2.24. The quantitative estimate of drug-likeness (QED) is 0.0245. The molecule has 3 unspecified atom stereocenters. The Labute approximate surface area is 378 Å². The van der Waals surface area contributed by atoms with Gasteiger partial charge in [-0.3, -0.25) is 9.59 Å². The largest absolute Gasteiger partial charge is 0.462 e. The van der Waals surface area contributed by atoms with Crippen molar-refractivity contribution in [1.29, 1.82) is 0 Å². The third-order valence-electron chi connectivity index (χ3n) is 11.9. The van der Waals surface area contributed by atoms with E-state index in [2.05, 4.69) is 74.7 Å². The second kappa shape index (κ2) is 48.8. The Balaban J connectivity index is 4.60. The molecule has 0 aliphatic carbocycles. The first-order valence-corrected chi connectivity index (χ1v) is 26.4. The number of hydrogen-bond acceptors (Lipinski definition) is 5. The minimum Gasteiger partial charge on any atom is -0.462 e. The second-order valence-corrected chi connectivity index (χ2v) is 18.0. The predicted molar refractivity (Wildman–Crippen MR) is 264 cm³/mol. The first-order valence-electron chi connectivity index (χ1n) is 26.4. The van der Waals surface area contributed by atoms with E-state index < -0.39 is 18.2 Å². The van der Waals surface area contributed by atoms with Gasteiger partial charge >= 0.3 is 5.97 Å². The number of carbonyl (C=O) groups is 2. The van der Waals surface area contributed by atoms with E-state index in [0.29, 0.717) is 19.3 Å². The SMILES string of the molecule is CCCCCCC/C=C/C=C/C=C/CCCCCCCC(=O)OC(CCC/C=C\CCCCCCCCC)CC(=O)NC(CO)C(O)CCCCCCCCCCCCCC. The van der Waals surface area contributed by atoms with Gasteiger partial charge in [0.05, 0.1) is 25.2 Å². The standard InChI is InChI=1S/C55H101NO5/c1-4-7-10-13-16-19-22-25-26-27-28-29-30-33-36-39-42-45-48-55(60)61-51(46-43-40-37-34-31-23-20-17-14-11-8-5-2)49-54(59)56-52(50-57)53(58)47-44-41-38-35-32-24-21-18-15-12-9-6-3/h22,25-29,34,37,51-53,57-58H,4-21,23-24,30-33,35-36,38-50H2,1-3H3,(H,56,59)/b25-22+,27-26+,29-28+,37-34-. The number of hydrogen-bond donors (Lipinski definition) is 3. The van der Waals surface area contributed by atoms with Crippen LogP contribution in [0.3, 0.4) is 0 Å². The van der Waals surface area contributed by atoms with E-state index in [1.165, 1.54) is 141 Å². The highest BCUT2D eigenvalue weighted by Crippen LogP contribution is 2.17. The second-order valence-electron chi connectivity index (χ2n) is 18.0. The van der Waals surface area contributed by atoms with Gasteiger partial charge in [-0.05, 0) is 70.6 Å². The summed E-state index contributed by atoms with van der Waals surface area (Å²) in [6.45, 7) is 6.45. The number of allylic oxidation sites excluding steroid dienone is 8. The molecule has 0 bridgehead atoms. The van der Waals surface area contributed by atoms with Crippen molar-refractivity contribution in [2.75, 3.05) is 6.61 Å². The zero-order valence-corrected chi connectivity index (χ0v) is 40.5. The summed E-state index contributed by atoms with van der Waals surface area (Å²) in [5.41, 5.74) is 0. The number of aliphatic hydroxyl groups excluding tert-OH is 2. The van der Waals surface area contributed by atoms with Gasteiger partial charge in [0.2, 0.25) is 5.91 Å². The maximum absolute atomic E-state index is 13.2. The van der Waals surface area contributed by atoms with Crippen LogP contribution >= 0.6 is 0 Å². The van der Waals surface area contributed by atoms with Gasteiger partial charge in [0.25, 0.3) is 0 Å². The molecule has 0 saturated carbocycles. The molecule has 0 radical (unpaired) electrons. The molecule has 0 fully saturated rings.